The van der Waals surface area contributed by atoms with E-state index in [1.807, 2.05) is 0 Å². The second kappa shape index (κ2) is 6.85. The van der Waals surface area contributed by atoms with Gasteiger partial charge in [-0.1, -0.05) is 0 Å². The van der Waals surface area contributed by atoms with Gasteiger partial charge in [0, 0.05) is 12.6 Å². The molecule has 23 heavy (non-hydrogen) atoms. The number of amides is 1. The van der Waals surface area contributed by atoms with Crippen LogP contribution in [0.25, 0.3) is 0 Å². The third kappa shape index (κ3) is 3.19. The van der Waals surface area contributed by atoms with Crippen molar-refractivity contribution in [1.29, 1.82) is 5.26 Å². The molecule has 3 aliphatic rings. The number of carbonyl (C=O) groups is 2. The number of likely N-dealkylation sites (tertiary alicyclic amines) is 1. The van der Waals surface area contributed by atoms with Crippen LogP contribution in [-0.2, 0) is 19.1 Å². The van der Waals surface area contributed by atoms with E-state index >= 15 is 0 Å². The molecule has 7 heteroatoms. The van der Waals surface area contributed by atoms with Crippen molar-refractivity contribution in [3.05, 3.63) is 0 Å². The molecule has 2 saturated heterocycles. The van der Waals surface area contributed by atoms with Gasteiger partial charge in [-0.15, -0.1) is 0 Å². The van der Waals surface area contributed by atoms with Crippen molar-refractivity contribution in [3.8, 4) is 6.07 Å². The highest BCUT2D eigenvalue weighted by Crippen LogP contribution is 2.38. The number of ether oxygens (including phenoxy) is 2. The lowest BCUT2D eigenvalue weighted by Crippen LogP contribution is -2.54. The van der Waals surface area contributed by atoms with E-state index in [0.717, 1.165) is 25.7 Å². The number of piperidine rings is 1. The lowest BCUT2D eigenvalue weighted by atomic mass is 9.97. The predicted octanol–water partition coefficient (Wildman–Crippen LogP) is 0.200. The van der Waals surface area contributed by atoms with Crippen LogP contribution < -0.4 is 5.32 Å². The summed E-state index contributed by atoms with van der Waals surface area (Å²) < 4.78 is 10.5. The zero-order valence-electron chi connectivity index (χ0n) is 13.4. The number of rotatable bonds is 5. The summed E-state index contributed by atoms with van der Waals surface area (Å²) in [5.41, 5.74) is 0. The van der Waals surface area contributed by atoms with Crippen LogP contribution in [0, 0.1) is 17.2 Å². The van der Waals surface area contributed by atoms with Crippen LogP contribution in [-0.4, -0.2) is 60.8 Å². The molecule has 0 radical (unpaired) electrons. The smallest absolute Gasteiger partial charge is 0.332 e. The molecule has 0 unspecified atom stereocenters. The van der Waals surface area contributed by atoms with Crippen molar-refractivity contribution in [3.63, 3.8) is 0 Å². The Morgan fingerprint density at radius 3 is 2.87 bits per heavy atom. The lowest BCUT2D eigenvalue weighted by molar-refractivity contribution is -0.151. The maximum Gasteiger partial charge on any atom is 0.332 e. The first-order valence-electron chi connectivity index (χ1n) is 8.37. The molecule has 3 rings (SSSR count). The quantitative estimate of drug-likeness (QED) is 0.727. The number of esters is 1. The van der Waals surface area contributed by atoms with Gasteiger partial charge < -0.3 is 19.7 Å². The summed E-state index contributed by atoms with van der Waals surface area (Å²) in [6.07, 6.45) is 3.29. The number of hydrogen-bond donors (Lipinski definition) is 1. The van der Waals surface area contributed by atoms with Crippen LogP contribution in [0.3, 0.4) is 0 Å². The third-order valence-electron chi connectivity index (χ3n) is 5.08. The molecule has 0 aromatic rings. The molecule has 126 valence electrons. The highest BCUT2D eigenvalue weighted by molar-refractivity contribution is 5.84. The molecule has 5 atom stereocenters. The van der Waals surface area contributed by atoms with Gasteiger partial charge in [0.15, 0.2) is 0 Å². The Labute approximate surface area is 135 Å². The van der Waals surface area contributed by atoms with Crippen LogP contribution in [0.1, 0.15) is 32.6 Å². The number of nitriles is 1. The molecular formula is C16H23N3O4. The molecule has 7 nitrogen and oxygen atoms in total. The maximum absolute atomic E-state index is 12.7. The molecule has 0 aromatic heterocycles. The molecule has 2 heterocycles. The minimum atomic E-state index is -0.350. The first-order chi connectivity index (χ1) is 11.1. The van der Waals surface area contributed by atoms with Gasteiger partial charge in [-0.2, -0.15) is 5.26 Å². The van der Waals surface area contributed by atoms with Crippen LogP contribution in [0.15, 0.2) is 0 Å². The third-order valence-corrected chi connectivity index (χ3v) is 5.08. The summed E-state index contributed by atoms with van der Waals surface area (Å²) in [6.45, 7) is 2.75. The molecule has 1 saturated carbocycles. The average molecular weight is 321 g/mol. The van der Waals surface area contributed by atoms with Crippen molar-refractivity contribution in [2.45, 2.75) is 56.8 Å². The summed E-state index contributed by atoms with van der Waals surface area (Å²) >= 11 is 0. The Hall–Kier alpha value is -1.65. The molecule has 2 aliphatic heterocycles. The number of nitrogens with one attached hydrogen (secondary N) is 1. The standard InChI is InChI=1S/C16H23N3O4/c1-2-22-14(20)9-23-13-7-10-6-12(13)18-15(10)16(21)19-5-3-4-11(19)8-17/h10-13,15,18H,2-7,9H2,1H3/t10-,11-,12+,13+,15-/m0/s1. The van der Waals surface area contributed by atoms with E-state index in [1.165, 1.54) is 0 Å². The van der Waals surface area contributed by atoms with Crippen molar-refractivity contribution in [1.82, 2.24) is 10.2 Å². The normalized spacial score (nSPS) is 35.3. The predicted molar refractivity (Wildman–Crippen MR) is 80.2 cm³/mol. The molecule has 1 N–H and O–H groups in total. The second-order valence-electron chi connectivity index (χ2n) is 6.46. The van der Waals surface area contributed by atoms with Crippen LogP contribution >= 0.6 is 0 Å². The Kier molecular flexibility index (Phi) is 4.83. The van der Waals surface area contributed by atoms with E-state index in [0.29, 0.717) is 13.2 Å². The van der Waals surface area contributed by atoms with Gasteiger partial charge in [-0.25, -0.2) is 4.79 Å². The van der Waals surface area contributed by atoms with Crippen LogP contribution in [0.2, 0.25) is 0 Å². The molecule has 1 aliphatic carbocycles. The topological polar surface area (TPSA) is 91.7 Å². The molecular weight excluding hydrogens is 298 g/mol. The van der Waals surface area contributed by atoms with E-state index in [-0.39, 0.29) is 48.6 Å². The summed E-state index contributed by atoms with van der Waals surface area (Å²) in [4.78, 5) is 25.7. The number of nitrogens with zero attached hydrogens (tertiary/aromatic N) is 2. The largest absolute Gasteiger partial charge is 0.464 e. The van der Waals surface area contributed by atoms with E-state index in [1.54, 1.807) is 11.8 Å². The van der Waals surface area contributed by atoms with Gasteiger partial charge in [0.25, 0.3) is 0 Å². The molecule has 0 aromatic carbocycles. The fraction of sp³-hybridized carbons (Fsp3) is 0.812. The zero-order valence-corrected chi connectivity index (χ0v) is 13.4. The van der Waals surface area contributed by atoms with Gasteiger partial charge >= 0.3 is 5.97 Å². The summed E-state index contributed by atoms with van der Waals surface area (Å²) in [5, 5.41) is 12.5. The van der Waals surface area contributed by atoms with Crippen LogP contribution in [0.4, 0.5) is 0 Å². The Bertz CT molecular complexity index is 518. The van der Waals surface area contributed by atoms with Gasteiger partial charge in [-0.05, 0) is 38.5 Å². The van der Waals surface area contributed by atoms with Gasteiger partial charge in [0.05, 0.1) is 24.8 Å². The van der Waals surface area contributed by atoms with Crippen LogP contribution in [0.5, 0.6) is 0 Å². The Morgan fingerprint density at radius 2 is 2.22 bits per heavy atom. The van der Waals surface area contributed by atoms with Crippen molar-refractivity contribution in [2.75, 3.05) is 19.8 Å². The maximum atomic E-state index is 12.7. The minimum Gasteiger partial charge on any atom is -0.464 e. The SMILES string of the molecule is CCOC(=O)CO[C@@H]1C[C@@H]2C[C@H]1N[C@@H]2C(=O)N1CCC[C@H]1C#N. The fourth-order valence-electron chi connectivity index (χ4n) is 4.03. The van der Waals surface area contributed by atoms with Crippen molar-refractivity contribution >= 4 is 11.9 Å². The highest BCUT2D eigenvalue weighted by Gasteiger charge is 2.50. The van der Waals surface area contributed by atoms with E-state index in [4.69, 9.17) is 14.7 Å². The van der Waals surface area contributed by atoms with Gasteiger partial charge in [0.2, 0.25) is 5.91 Å². The lowest BCUT2D eigenvalue weighted by Gasteiger charge is -2.32. The molecule has 3 fully saturated rings. The van der Waals surface area contributed by atoms with E-state index < -0.39 is 0 Å². The van der Waals surface area contributed by atoms with Crippen molar-refractivity contribution in [2.24, 2.45) is 5.92 Å². The first-order valence-corrected chi connectivity index (χ1v) is 8.37. The molecule has 2 bridgehead atoms. The minimum absolute atomic E-state index is 0.0371. The van der Waals surface area contributed by atoms with Gasteiger partial charge in [0.1, 0.15) is 12.6 Å². The average Bonchev–Trinajstić information content (AvgIpc) is 3.26. The molecule has 1 amide bonds. The van der Waals surface area contributed by atoms with Gasteiger partial charge in [-0.3, -0.25) is 4.79 Å². The molecule has 0 spiro atoms. The Balaban J connectivity index is 1.51. The summed E-state index contributed by atoms with van der Waals surface area (Å²) in [7, 11) is 0. The Morgan fingerprint density at radius 1 is 1.39 bits per heavy atom. The summed E-state index contributed by atoms with van der Waals surface area (Å²) in [6, 6.07) is 1.83. The summed E-state index contributed by atoms with van der Waals surface area (Å²) in [5.74, 6) is -0.0816. The first kappa shape index (κ1) is 16.2. The number of carbonyl (C=O) groups excluding carboxylic acids is 2. The highest BCUT2D eigenvalue weighted by atomic mass is 16.6. The van der Waals surface area contributed by atoms with E-state index in [2.05, 4.69) is 11.4 Å². The zero-order chi connectivity index (χ0) is 16.4. The fourth-order valence-corrected chi connectivity index (χ4v) is 4.03. The number of fused-ring (bicyclic) bond motifs is 2. The number of hydrogen-bond acceptors (Lipinski definition) is 6. The van der Waals surface area contributed by atoms with E-state index in [9.17, 15) is 9.59 Å². The van der Waals surface area contributed by atoms with Crippen molar-refractivity contribution < 1.29 is 19.1 Å². The monoisotopic (exact) mass is 321 g/mol. The second-order valence-corrected chi connectivity index (χ2v) is 6.46.